The third kappa shape index (κ3) is 6.12. The molecule has 0 aliphatic carbocycles. The second kappa shape index (κ2) is 10.2. The molecule has 1 fully saturated rings. The van der Waals surface area contributed by atoms with Crippen molar-refractivity contribution >= 4 is 5.91 Å². The molecule has 2 aromatic carbocycles. The number of piperidine rings is 1. The van der Waals surface area contributed by atoms with Crippen LogP contribution in [0.25, 0.3) is 0 Å². The van der Waals surface area contributed by atoms with Crippen LogP contribution in [0.1, 0.15) is 34.3 Å². The molecular weight excluding hydrogens is 393 g/mol. The van der Waals surface area contributed by atoms with E-state index in [2.05, 4.69) is 15.2 Å². The molecule has 1 saturated heterocycles. The zero-order valence-electron chi connectivity index (χ0n) is 17.3. The molecule has 0 atom stereocenters. The molecule has 1 N–H and O–H groups in total. The SMILES string of the molecule is O=C(NCc1cccnc1)c1cccc(OC2CCN(Cc3cccc(F)c3)CC2)c1. The van der Waals surface area contributed by atoms with Crippen molar-refractivity contribution < 1.29 is 13.9 Å². The minimum Gasteiger partial charge on any atom is -0.490 e. The number of amides is 1. The lowest BCUT2D eigenvalue weighted by atomic mass is 10.1. The third-order valence-electron chi connectivity index (χ3n) is 5.40. The zero-order chi connectivity index (χ0) is 21.5. The van der Waals surface area contributed by atoms with Crippen molar-refractivity contribution in [1.29, 1.82) is 0 Å². The fraction of sp³-hybridized carbons (Fsp3) is 0.280. The van der Waals surface area contributed by atoms with E-state index in [0.29, 0.717) is 17.9 Å². The predicted octanol–water partition coefficient (Wildman–Crippen LogP) is 4.19. The molecule has 160 valence electrons. The fourth-order valence-electron chi connectivity index (χ4n) is 3.77. The Morgan fingerprint density at radius 1 is 1.06 bits per heavy atom. The molecule has 6 heteroatoms. The first-order valence-electron chi connectivity index (χ1n) is 10.6. The van der Waals surface area contributed by atoms with Crippen LogP contribution in [0, 0.1) is 5.82 Å². The molecule has 4 rings (SSSR count). The Bertz CT molecular complexity index is 1000. The highest BCUT2D eigenvalue weighted by molar-refractivity contribution is 5.94. The number of likely N-dealkylation sites (tertiary alicyclic amines) is 1. The largest absolute Gasteiger partial charge is 0.490 e. The molecule has 0 bridgehead atoms. The Hall–Kier alpha value is -3.25. The van der Waals surface area contributed by atoms with Crippen molar-refractivity contribution in [2.75, 3.05) is 13.1 Å². The van der Waals surface area contributed by atoms with Crippen molar-refractivity contribution in [1.82, 2.24) is 15.2 Å². The lowest BCUT2D eigenvalue weighted by Gasteiger charge is -2.32. The summed E-state index contributed by atoms with van der Waals surface area (Å²) in [6.45, 7) is 2.97. The topological polar surface area (TPSA) is 54.5 Å². The second-order valence-corrected chi connectivity index (χ2v) is 7.80. The number of hydrogen-bond acceptors (Lipinski definition) is 4. The summed E-state index contributed by atoms with van der Waals surface area (Å²) in [5, 5.41) is 2.91. The number of halogens is 1. The van der Waals surface area contributed by atoms with Crippen LogP contribution in [-0.2, 0) is 13.1 Å². The van der Waals surface area contributed by atoms with E-state index in [-0.39, 0.29) is 17.8 Å². The summed E-state index contributed by atoms with van der Waals surface area (Å²) in [7, 11) is 0. The number of aromatic nitrogens is 1. The standard InChI is InChI=1S/C25H26FN3O2/c26-22-7-1-4-19(14-22)18-29-12-9-23(10-13-29)31-24-8-2-6-21(15-24)25(30)28-17-20-5-3-11-27-16-20/h1-8,11,14-16,23H,9-10,12-13,17-18H2,(H,28,30). The maximum Gasteiger partial charge on any atom is 0.251 e. The number of pyridine rings is 1. The van der Waals surface area contributed by atoms with Gasteiger partial charge in [-0.3, -0.25) is 14.7 Å². The minimum atomic E-state index is -0.194. The average molecular weight is 420 g/mol. The Morgan fingerprint density at radius 2 is 1.87 bits per heavy atom. The van der Waals surface area contributed by atoms with Gasteiger partial charge in [0, 0.05) is 44.1 Å². The van der Waals surface area contributed by atoms with Gasteiger partial charge in [-0.25, -0.2) is 4.39 Å². The first-order valence-corrected chi connectivity index (χ1v) is 10.6. The van der Waals surface area contributed by atoms with Crippen LogP contribution >= 0.6 is 0 Å². The summed E-state index contributed by atoms with van der Waals surface area (Å²) >= 11 is 0. The lowest BCUT2D eigenvalue weighted by molar-refractivity contribution is 0.0934. The van der Waals surface area contributed by atoms with E-state index in [0.717, 1.165) is 43.6 Å². The molecule has 1 amide bonds. The van der Waals surface area contributed by atoms with E-state index in [9.17, 15) is 9.18 Å². The molecule has 3 aromatic rings. The number of carbonyl (C=O) groups is 1. The van der Waals surface area contributed by atoms with E-state index in [1.165, 1.54) is 6.07 Å². The number of benzene rings is 2. The van der Waals surface area contributed by atoms with Crippen LogP contribution < -0.4 is 10.1 Å². The van der Waals surface area contributed by atoms with Crippen molar-refractivity contribution in [2.24, 2.45) is 0 Å². The van der Waals surface area contributed by atoms with E-state index < -0.39 is 0 Å². The van der Waals surface area contributed by atoms with Crippen molar-refractivity contribution in [2.45, 2.75) is 32.0 Å². The van der Waals surface area contributed by atoms with Crippen molar-refractivity contribution in [3.8, 4) is 5.75 Å². The quantitative estimate of drug-likeness (QED) is 0.624. The number of rotatable bonds is 7. The molecule has 1 aromatic heterocycles. The van der Waals surface area contributed by atoms with E-state index in [1.54, 1.807) is 36.7 Å². The summed E-state index contributed by atoms with van der Waals surface area (Å²) in [6.07, 6.45) is 5.34. The maximum absolute atomic E-state index is 13.4. The first-order chi connectivity index (χ1) is 15.2. The molecule has 0 spiro atoms. The van der Waals surface area contributed by atoms with Crippen LogP contribution in [0.3, 0.4) is 0 Å². The van der Waals surface area contributed by atoms with Crippen molar-refractivity contribution in [3.05, 3.63) is 95.6 Å². The van der Waals surface area contributed by atoms with E-state index >= 15 is 0 Å². The lowest BCUT2D eigenvalue weighted by Crippen LogP contribution is -2.37. The van der Waals surface area contributed by atoms with Gasteiger partial charge in [0.05, 0.1) is 0 Å². The van der Waals surface area contributed by atoms with Crippen LogP contribution in [-0.4, -0.2) is 35.0 Å². The van der Waals surface area contributed by atoms with E-state index in [1.807, 2.05) is 30.3 Å². The van der Waals surface area contributed by atoms with Gasteiger partial charge in [0.25, 0.3) is 5.91 Å². The average Bonchev–Trinajstić information content (AvgIpc) is 2.80. The molecule has 1 aliphatic rings. The zero-order valence-corrected chi connectivity index (χ0v) is 17.3. The van der Waals surface area contributed by atoms with Crippen molar-refractivity contribution in [3.63, 3.8) is 0 Å². The summed E-state index contributed by atoms with van der Waals surface area (Å²) in [5.41, 5.74) is 2.52. The molecule has 2 heterocycles. The highest BCUT2D eigenvalue weighted by atomic mass is 19.1. The van der Waals surface area contributed by atoms with Gasteiger partial charge in [0.15, 0.2) is 0 Å². The molecular formula is C25H26FN3O2. The number of carbonyl (C=O) groups excluding carboxylic acids is 1. The van der Waals surface area contributed by atoms with Crippen LogP contribution in [0.5, 0.6) is 5.75 Å². The monoisotopic (exact) mass is 419 g/mol. The number of hydrogen-bond donors (Lipinski definition) is 1. The molecule has 5 nitrogen and oxygen atoms in total. The van der Waals surface area contributed by atoms with Gasteiger partial charge in [-0.1, -0.05) is 24.3 Å². The van der Waals surface area contributed by atoms with Crippen LogP contribution in [0.2, 0.25) is 0 Å². The Morgan fingerprint density at radius 3 is 2.65 bits per heavy atom. The molecule has 0 saturated carbocycles. The summed E-state index contributed by atoms with van der Waals surface area (Å²) in [4.78, 5) is 18.9. The van der Waals surface area contributed by atoms with Crippen LogP contribution in [0.15, 0.2) is 73.1 Å². The van der Waals surface area contributed by atoms with Gasteiger partial charge in [0.2, 0.25) is 0 Å². The van der Waals surface area contributed by atoms with Gasteiger partial charge in [-0.2, -0.15) is 0 Å². The smallest absolute Gasteiger partial charge is 0.251 e. The fourth-order valence-corrected chi connectivity index (χ4v) is 3.77. The van der Waals surface area contributed by atoms with Gasteiger partial charge in [-0.15, -0.1) is 0 Å². The first kappa shape index (κ1) is 21.0. The number of nitrogens with one attached hydrogen (secondary N) is 1. The Labute approximate surface area is 181 Å². The molecule has 0 unspecified atom stereocenters. The van der Waals surface area contributed by atoms with Gasteiger partial charge >= 0.3 is 0 Å². The number of nitrogens with zero attached hydrogens (tertiary/aromatic N) is 2. The highest BCUT2D eigenvalue weighted by Gasteiger charge is 2.21. The highest BCUT2D eigenvalue weighted by Crippen LogP contribution is 2.21. The molecule has 31 heavy (non-hydrogen) atoms. The van der Waals surface area contributed by atoms with Gasteiger partial charge in [0.1, 0.15) is 17.7 Å². The predicted molar refractivity (Wildman–Crippen MR) is 117 cm³/mol. The Balaban J connectivity index is 1.27. The van der Waals surface area contributed by atoms with Gasteiger partial charge < -0.3 is 10.1 Å². The maximum atomic E-state index is 13.4. The van der Waals surface area contributed by atoms with Gasteiger partial charge in [-0.05, 0) is 60.4 Å². The second-order valence-electron chi connectivity index (χ2n) is 7.80. The number of ether oxygens (including phenoxy) is 1. The third-order valence-corrected chi connectivity index (χ3v) is 5.40. The minimum absolute atomic E-state index is 0.109. The summed E-state index contributed by atoms with van der Waals surface area (Å²) in [5.74, 6) is 0.372. The normalized spacial score (nSPS) is 14.9. The van der Waals surface area contributed by atoms with Crippen LogP contribution in [0.4, 0.5) is 4.39 Å². The Kier molecular flexibility index (Phi) is 6.89. The van der Waals surface area contributed by atoms with E-state index in [4.69, 9.17) is 4.74 Å². The molecule has 1 aliphatic heterocycles. The summed E-state index contributed by atoms with van der Waals surface area (Å²) < 4.78 is 19.5. The summed E-state index contributed by atoms with van der Waals surface area (Å²) in [6, 6.07) is 17.8. The molecule has 0 radical (unpaired) electrons.